The van der Waals surface area contributed by atoms with Gasteiger partial charge >= 0.3 is 0 Å². The van der Waals surface area contributed by atoms with Crippen LogP contribution in [0, 0.1) is 0 Å². The smallest absolute Gasteiger partial charge is 0.143 e. The molecule has 63 heavy (non-hydrogen) atoms. The second-order valence-electron chi connectivity index (χ2n) is 16.4. The van der Waals surface area contributed by atoms with E-state index in [1.165, 1.54) is 59.9 Å². The van der Waals surface area contributed by atoms with Crippen LogP contribution in [-0.4, -0.2) is 4.57 Å². The first-order valence-electron chi connectivity index (χ1n) is 21.6. The van der Waals surface area contributed by atoms with Crippen LogP contribution >= 0.6 is 0 Å². The summed E-state index contributed by atoms with van der Waals surface area (Å²) in [5, 5.41) is 12.1. The van der Waals surface area contributed by atoms with Crippen molar-refractivity contribution in [2.45, 2.75) is 0 Å². The van der Waals surface area contributed by atoms with Gasteiger partial charge in [0.05, 0.1) is 16.7 Å². The Hall–Kier alpha value is -8.40. The summed E-state index contributed by atoms with van der Waals surface area (Å²) in [6.45, 7) is 0. The number of nitrogens with zero attached hydrogens (tertiary/aromatic N) is 2. The molecule has 0 saturated heterocycles. The lowest BCUT2D eigenvalue weighted by Gasteiger charge is -2.28. The van der Waals surface area contributed by atoms with Crippen LogP contribution < -0.4 is 4.90 Å². The third-order valence-electron chi connectivity index (χ3n) is 13.0. The fraction of sp³-hybridized carbons (Fsp3) is 0. The van der Waals surface area contributed by atoms with Crippen LogP contribution in [0.4, 0.5) is 17.1 Å². The molecule has 13 rings (SSSR count). The first-order chi connectivity index (χ1) is 31.3. The lowest BCUT2D eigenvalue weighted by atomic mass is 9.94. The van der Waals surface area contributed by atoms with Crippen molar-refractivity contribution in [3.63, 3.8) is 0 Å². The van der Waals surface area contributed by atoms with Crippen molar-refractivity contribution in [2.24, 2.45) is 0 Å². The van der Waals surface area contributed by atoms with Crippen LogP contribution in [0.25, 0.3) is 104 Å². The second kappa shape index (κ2) is 14.1. The molecule has 0 fully saturated rings. The highest BCUT2D eigenvalue weighted by Crippen LogP contribution is 2.46. The molecule has 0 aliphatic rings. The van der Waals surface area contributed by atoms with Gasteiger partial charge in [0.25, 0.3) is 0 Å². The Labute approximate surface area is 363 Å². The van der Waals surface area contributed by atoms with E-state index in [1.807, 2.05) is 0 Å². The maximum atomic E-state index is 6.93. The molecule has 0 atom stereocenters. The lowest BCUT2D eigenvalue weighted by Crippen LogP contribution is -2.11. The first-order valence-corrected chi connectivity index (χ1v) is 21.6. The highest BCUT2D eigenvalue weighted by Gasteiger charge is 2.22. The summed E-state index contributed by atoms with van der Waals surface area (Å²) in [5.41, 5.74) is 13.0. The predicted octanol–water partition coefficient (Wildman–Crippen LogP) is 16.9. The number of furan rings is 1. The van der Waals surface area contributed by atoms with Gasteiger partial charge in [0, 0.05) is 55.1 Å². The summed E-state index contributed by atoms with van der Waals surface area (Å²) < 4.78 is 9.31. The third kappa shape index (κ3) is 5.53. The number of aromatic nitrogens is 1. The summed E-state index contributed by atoms with van der Waals surface area (Å²) in [4.78, 5) is 2.39. The van der Waals surface area contributed by atoms with Gasteiger partial charge in [-0.2, -0.15) is 0 Å². The fourth-order valence-electron chi connectivity index (χ4n) is 10.1. The van der Waals surface area contributed by atoms with E-state index in [0.29, 0.717) is 0 Å². The van der Waals surface area contributed by atoms with E-state index < -0.39 is 0 Å². The Balaban J connectivity index is 0.991. The average Bonchev–Trinajstić information content (AvgIpc) is 3.91. The molecule has 2 aromatic heterocycles. The maximum Gasteiger partial charge on any atom is 0.143 e. The topological polar surface area (TPSA) is 21.3 Å². The standard InChI is InChI=1S/C60H38N2O/c1-3-15-45-39(13-1)29-37-49-46(20-11-21-48(45)49)41-27-31-42(32-28-41)61(43-33-35-44(36-34-43)62-57-25-9-5-17-50(57)51-18-6-10-26-58(51)62)56-24-8-7-19-52(56)53-22-12-23-54-55-38-30-40-14-2-4-16-47(40)59(55)63-60(53)54/h1-38H. The van der Waals surface area contributed by atoms with Gasteiger partial charge in [-0.15, -0.1) is 0 Å². The highest BCUT2D eigenvalue weighted by atomic mass is 16.3. The van der Waals surface area contributed by atoms with Crippen LogP contribution in [0.5, 0.6) is 0 Å². The van der Waals surface area contributed by atoms with E-state index in [0.717, 1.165) is 61.2 Å². The molecule has 0 N–H and O–H groups in total. The minimum absolute atomic E-state index is 0.886. The van der Waals surface area contributed by atoms with E-state index in [2.05, 4.69) is 240 Å². The van der Waals surface area contributed by atoms with E-state index in [-0.39, 0.29) is 0 Å². The van der Waals surface area contributed by atoms with E-state index in [4.69, 9.17) is 4.42 Å². The molecule has 0 radical (unpaired) electrons. The van der Waals surface area contributed by atoms with Crippen LogP contribution in [0.15, 0.2) is 235 Å². The van der Waals surface area contributed by atoms with Crippen molar-refractivity contribution < 1.29 is 4.42 Å². The quantitative estimate of drug-likeness (QED) is 0.156. The minimum Gasteiger partial charge on any atom is -0.455 e. The van der Waals surface area contributed by atoms with Gasteiger partial charge in [0.15, 0.2) is 0 Å². The van der Waals surface area contributed by atoms with E-state index in [9.17, 15) is 0 Å². The monoisotopic (exact) mass is 802 g/mol. The molecule has 3 nitrogen and oxygen atoms in total. The summed E-state index contributed by atoms with van der Waals surface area (Å²) in [5.74, 6) is 0. The summed E-state index contributed by atoms with van der Waals surface area (Å²) >= 11 is 0. The summed E-state index contributed by atoms with van der Waals surface area (Å²) in [6, 6.07) is 83.4. The Morgan fingerprint density at radius 1 is 0.302 bits per heavy atom. The summed E-state index contributed by atoms with van der Waals surface area (Å²) in [6.07, 6.45) is 0. The van der Waals surface area contributed by atoms with Crippen molar-refractivity contribution in [1.82, 2.24) is 4.57 Å². The molecule has 0 aliphatic carbocycles. The molecule has 0 bridgehead atoms. The molecular formula is C60H38N2O. The van der Waals surface area contributed by atoms with Gasteiger partial charge in [0.2, 0.25) is 0 Å². The number of benzene rings is 11. The molecule has 13 aromatic rings. The summed E-state index contributed by atoms with van der Waals surface area (Å²) in [7, 11) is 0. The van der Waals surface area contributed by atoms with Crippen molar-refractivity contribution in [3.8, 4) is 27.9 Å². The van der Waals surface area contributed by atoms with Crippen molar-refractivity contribution in [3.05, 3.63) is 231 Å². The maximum absolute atomic E-state index is 6.93. The number of hydrogen-bond acceptors (Lipinski definition) is 2. The average molecular weight is 803 g/mol. The Bertz CT molecular complexity index is 3860. The van der Waals surface area contributed by atoms with Gasteiger partial charge in [0.1, 0.15) is 11.2 Å². The van der Waals surface area contributed by atoms with Gasteiger partial charge in [-0.3, -0.25) is 0 Å². The van der Waals surface area contributed by atoms with Crippen LogP contribution in [0.3, 0.4) is 0 Å². The minimum atomic E-state index is 0.886. The number of hydrogen-bond donors (Lipinski definition) is 0. The molecule has 0 saturated carbocycles. The molecule has 0 amide bonds. The van der Waals surface area contributed by atoms with Crippen molar-refractivity contribution >= 4 is 93.1 Å². The van der Waals surface area contributed by atoms with Gasteiger partial charge in [-0.1, -0.05) is 170 Å². The molecule has 0 aliphatic heterocycles. The molecule has 3 heteroatoms. The number of anilines is 3. The molecule has 11 aromatic carbocycles. The molecule has 0 unspecified atom stereocenters. The van der Waals surface area contributed by atoms with Crippen LogP contribution in [0.2, 0.25) is 0 Å². The van der Waals surface area contributed by atoms with E-state index in [1.54, 1.807) is 0 Å². The zero-order chi connectivity index (χ0) is 41.4. The number of rotatable bonds is 6. The van der Waals surface area contributed by atoms with Crippen LogP contribution in [0.1, 0.15) is 0 Å². The Morgan fingerprint density at radius 2 is 0.810 bits per heavy atom. The first kappa shape index (κ1) is 35.4. The second-order valence-corrected chi connectivity index (χ2v) is 16.4. The van der Waals surface area contributed by atoms with Crippen molar-refractivity contribution in [1.29, 1.82) is 0 Å². The van der Waals surface area contributed by atoms with Crippen molar-refractivity contribution in [2.75, 3.05) is 4.90 Å². The highest BCUT2D eigenvalue weighted by molar-refractivity contribution is 6.18. The predicted molar refractivity (Wildman–Crippen MR) is 266 cm³/mol. The third-order valence-corrected chi connectivity index (χ3v) is 13.0. The largest absolute Gasteiger partial charge is 0.455 e. The SMILES string of the molecule is c1ccc(N(c2ccc(-c3cccc4c3ccc3ccccc34)cc2)c2ccc(-n3c4ccccc4c4ccccc43)cc2)c(-c2cccc3c2oc2c4ccccc4ccc32)c1. The molecular weight excluding hydrogens is 765 g/mol. The van der Waals surface area contributed by atoms with E-state index >= 15 is 0 Å². The van der Waals surface area contributed by atoms with Crippen LogP contribution in [-0.2, 0) is 0 Å². The Kier molecular flexibility index (Phi) is 7.91. The van der Waals surface area contributed by atoms with Gasteiger partial charge in [-0.05, 0) is 98.7 Å². The molecule has 294 valence electrons. The van der Waals surface area contributed by atoms with Gasteiger partial charge in [-0.25, -0.2) is 0 Å². The van der Waals surface area contributed by atoms with Gasteiger partial charge < -0.3 is 13.9 Å². The number of para-hydroxylation sites is 4. The fourth-order valence-corrected chi connectivity index (χ4v) is 10.1. The molecule has 0 spiro atoms. The lowest BCUT2D eigenvalue weighted by molar-refractivity contribution is 0.674. The zero-order valence-electron chi connectivity index (χ0n) is 34.2. The zero-order valence-corrected chi connectivity index (χ0v) is 34.2. The normalized spacial score (nSPS) is 11.8. The number of fused-ring (bicyclic) bond motifs is 11. The Morgan fingerprint density at radius 3 is 1.54 bits per heavy atom. The molecule has 2 heterocycles.